The molecule has 0 aliphatic carbocycles. The molecule has 2 aromatic carbocycles. The maximum Gasteiger partial charge on any atom is 0.256 e. The van der Waals surface area contributed by atoms with Crippen molar-refractivity contribution in [2.75, 3.05) is 5.32 Å². The molecule has 6 heteroatoms. The van der Waals surface area contributed by atoms with E-state index in [1.807, 2.05) is 0 Å². The maximum absolute atomic E-state index is 12.2. The number of benzene rings is 2. The third-order valence-corrected chi connectivity index (χ3v) is 3.71. The van der Waals surface area contributed by atoms with Gasteiger partial charge >= 0.3 is 0 Å². The lowest BCUT2D eigenvalue weighted by atomic mass is 10.1. The van der Waals surface area contributed by atoms with Crippen molar-refractivity contribution in [2.45, 2.75) is 0 Å². The standard InChI is InChI=1S/C14H10BrClN2OS/c15-12-7-9(16)4-5-11(12)14(19)18-10-3-1-2-8(6-10)13(17)20/h1-7H,(H2,17,20)(H,18,19). The zero-order valence-corrected chi connectivity index (χ0v) is 13.3. The van der Waals surface area contributed by atoms with Crippen LogP contribution in [0, 0.1) is 0 Å². The van der Waals surface area contributed by atoms with E-state index in [1.165, 1.54) is 0 Å². The number of hydrogen-bond acceptors (Lipinski definition) is 2. The van der Waals surface area contributed by atoms with Crippen LogP contribution < -0.4 is 11.1 Å². The normalized spacial score (nSPS) is 10.1. The number of carbonyl (C=O) groups is 1. The number of amides is 1. The second-order valence-corrected chi connectivity index (χ2v) is 5.75. The average molecular weight is 370 g/mol. The van der Waals surface area contributed by atoms with Crippen molar-refractivity contribution in [1.29, 1.82) is 0 Å². The fourth-order valence-corrected chi connectivity index (χ4v) is 2.61. The highest BCUT2D eigenvalue weighted by atomic mass is 79.9. The zero-order chi connectivity index (χ0) is 14.7. The summed E-state index contributed by atoms with van der Waals surface area (Å²) >= 11 is 14.1. The van der Waals surface area contributed by atoms with Gasteiger partial charge in [0.25, 0.3) is 5.91 Å². The Balaban J connectivity index is 2.23. The number of halogens is 2. The van der Waals surface area contributed by atoms with Crippen LogP contribution >= 0.6 is 39.7 Å². The maximum atomic E-state index is 12.2. The Morgan fingerprint density at radius 2 is 2.00 bits per heavy atom. The minimum absolute atomic E-state index is 0.242. The van der Waals surface area contributed by atoms with Crippen LogP contribution in [-0.2, 0) is 0 Å². The third kappa shape index (κ3) is 3.56. The molecule has 0 unspecified atom stereocenters. The number of nitrogens with one attached hydrogen (secondary N) is 1. The highest BCUT2D eigenvalue weighted by molar-refractivity contribution is 9.10. The van der Waals surface area contributed by atoms with Crippen molar-refractivity contribution in [3.05, 3.63) is 63.1 Å². The molecule has 2 rings (SSSR count). The number of rotatable bonds is 3. The Labute approximate surface area is 135 Å². The molecule has 3 N–H and O–H groups in total. The molecule has 0 aliphatic rings. The summed E-state index contributed by atoms with van der Waals surface area (Å²) in [4.78, 5) is 12.5. The van der Waals surface area contributed by atoms with Crippen LogP contribution in [0.2, 0.25) is 5.02 Å². The first-order valence-electron chi connectivity index (χ1n) is 5.63. The molecule has 0 spiro atoms. The van der Waals surface area contributed by atoms with Crippen LogP contribution in [0.15, 0.2) is 46.9 Å². The van der Waals surface area contributed by atoms with Crippen molar-refractivity contribution >= 4 is 56.3 Å². The van der Waals surface area contributed by atoms with Gasteiger partial charge in [-0.05, 0) is 46.3 Å². The first-order valence-corrected chi connectivity index (χ1v) is 7.21. The van der Waals surface area contributed by atoms with Crippen LogP contribution in [0.3, 0.4) is 0 Å². The van der Waals surface area contributed by atoms with Gasteiger partial charge in [0, 0.05) is 20.7 Å². The second-order valence-electron chi connectivity index (χ2n) is 4.02. The first kappa shape index (κ1) is 15.0. The minimum Gasteiger partial charge on any atom is -0.389 e. The minimum atomic E-state index is -0.242. The van der Waals surface area contributed by atoms with Gasteiger partial charge in [-0.15, -0.1) is 0 Å². The summed E-state index contributed by atoms with van der Waals surface area (Å²) in [5.41, 5.74) is 7.39. The first-order chi connectivity index (χ1) is 9.47. The van der Waals surface area contributed by atoms with Gasteiger partial charge in [-0.3, -0.25) is 4.79 Å². The molecule has 20 heavy (non-hydrogen) atoms. The summed E-state index contributed by atoms with van der Waals surface area (Å²) in [5, 5.41) is 3.35. The van der Waals surface area contributed by atoms with E-state index in [4.69, 9.17) is 29.6 Å². The monoisotopic (exact) mass is 368 g/mol. The number of carbonyl (C=O) groups excluding carboxylic acids is 1. The van der Waals surface area contributed by atoms with E-state index in [2.05, 4.69) is 21.2 Å². The molecule has 0 bridgehead atoms. The van der Waals surface area contributed by atoms with Crippen molar-refractivity contribution < 1.29 is 4.79 Å². The average Bonchev–Trinajstić information content (AvgIpc) is 2.38. The lowest BCUT2D eigenvalue weighted by Gasteiger charge is -2.08. The Kier molecular flexibility index (Phi) is 4.75. The Hall–Kier alpha value is -1.43. The summed E-state index contributed by atoms with van der Waals surface area (Å²) in [6, 6.07) is 12.0. The molecule has 0 heterocycles. The van der Waals surface area contributed by atoms with Crippen molar-refractivity contribution in [1.82, 2.24) is 0 Å². The molecule has 0 saturated carbocycles. The molecule has 0 atom stereocenters. The molecule has 2 aromatic rings. The van der Waals surface area contributed by atoms with E-state index in [0.29, 0.717) is 26.3 Å². The van der Waals surface area contributed by atoms with E-state index in [9.17, 15) is 4.79 Å². The molecule has 1 amide bonds. The number of thiocarbonyl (C=S) groups is 1. The van der Waals surface area contributed by atoms with Gasteiger partial charge in [0.1, 0.15) is 4.99 Å². The summed E-state index contributed by atoms with van der Waals surface area (Å²) < 4.78 is 0.632. The van der Waals surface area contributed by atoms with Gasteiger partial charge in [0.2, 0.25) is 0 Å². The third-order valence-electron chi connectivity index (χ3n) is 2.58. The molecule has 0 aromatic heterocycles. The predicted molar refractivity (Wildman–Crippen MR) is 89.4 cm³/mol. The van der Waals surface area contributed by atoms with Crippen LogP contribution in [0.5, 0.6) is 0 Å². The quantitative estimate of drug-likeness (QED) is 0.804. The van der Waals surface area contributed by atoms with E-state index < -0.39 is 0 Å². The lowest BCUT2D eigenvalue weighted by Crippen LogP contribution is -2.14. The smallest absolute Gasteiger partial charge is 0.256 e. The van der Waals surface area contributed by atoms with Crippen LogP contribution in [-0.4, -0.2) is 10.9 Å². The molecular weight excluding hydrogens is 360 g/mol. The summed E-state index contributed by atoms with van der Waals surface area (Å²) in [6.45, 7) is 0. The number of anilines is 1. The van der Waals surface area contributed by atoms with Gasteiger partial charge in [-0.1, -0.05) is 36.0 Å². The fourth-order valence-electron chi connectivity index (χ4n) is 1.62. The van der Waals surface area contributed by atoms with Crippen LogP contribution in [0.4, 0.5) is 5.69 Å². The molecule has 0 aliphatic heterocycles. The fraction of sp³-hybridized carbons (Fsp3) is 0. The SMILES string of the molecule is NC(=S)c1cccc(NC(=O)c2ccc(Cl)cc2Br)c1. The highest BCUT2D eigenvalue weighted by Gasteiger charge is 2.11. The van der Waals surface area contributed by atoms with E-state index in [-0.39, 0.29) is 10.9 Å². The molecule has 3 nitrogen and oxygen atoms in total. The van der Waals surface area contributed by atoms with E-state index in [1.54, 1.807) is 42.5 Å². The van der Waals surface area contributed by atoms with Crippen molar-refractivity contribution in [2.24, 2.45) is 5.73 Å². The van der Waals surface area contributed by atoms with Crippen molar-refractivity contribution in [3.8, 4) is 0 Å². The molecule has 0 saturated heterocycles. The Morgan fingerprint density at radius 3 is 2.65 bits per heavy atom. The number of hydrogen-bond donors (Lipinski definition) is 2. The lowest BCUT2D eigenvalue weighted by molar-refractivity contribution is 0.102. The van der Waals surface area contributed by atoms with Crippen LogP contribution in [0.1, 0.15) is 15.9 Å². The summed E-state index contributed by atoms with van der Waals surface area (Å²) in [6.07, 6.45) is 0. The van der Waals surface area contributed by atoms with E-state index >= 15 is 0 Å². The van der Waals surface area contributed by atoms with Crippen molar-refractivity contribution in [3.63, 3.8) is 0 Å². The van der Waals surface area contributed by atoms with Gasteiger partial charge in [-0.2, -0.15) is 0 Å². The Morgan fingerprint density at radius 1 is 1.25 bits per heavy atom. The Bertz CT molecular complexity index is 691. The summed E-state index contributed by atoms with van der Waals surface area (Å²) in [5.74, 6) is -0.242. The molecule has 102 valence electrons. The zero-order valence-electron chi connectivity index (χ0n) is 10.2. The molecular formula is C14H10BrClN2OS. The number of nitrogens with two attached hydrogens (primary N) is 1. The topological polar surface area (TPSA) is 55.1 Å². The molecule has 0 radical (unpaired) electrons. The van der Waals surface area contributed by atoms with Gasteiger partial charge in [0.05, 0.1) is 5.56 Å². The van der Waals surface area contributed by atoms with Gasteiger partial charge in [-0.25, -0.2) is 0 Å². The molecule has 0 fully saturated rings. The largest absolute Gasteiger partial charge is 0.389 e. The highest BCUT2D eigenvalue weighted by Crippen LogP contribution is 2.22. The van der Waals surface area contributed by atoms with Gasteiger partial charge < -0.3 is 11.1 Å². The second kappa shape index (κ2) is 6.35. The van der Waals surface area contributed by atoms with Gasteiger partial charge in [0.15, 0.2) is 0 Å². The summed E-state index contributed by atoms with van der Waals surface area (Å²) in [7, 11) is 0. The predicted octanol–water partition coefficient (Wildman–Crippen LogP) is 3.99. The van der Waals surface area contributed by atoms with E-state index in [0.717, 1.165) is 0 Å². The van der Waals surface area contributed by atoms with Crippen LogP contribution in [0.25, 0.3) is 0 Å².